The molecule has 0 amide bonds. The molecule has 1 aromatic heterocycles. The number of benzene rings is 2. The van der Waals surface area contributed by atoms with Crippen LogP contribution in [0.15, 0.2) is 52.5 Å². The summed E-state index contributed by atoms with van der Waals surface area (Å²) in [5, 5.41) is 7.87. The van der Waals surface area contributed by atoms with Gasteiger partial charge in [-0.25, -0.2) is 14.4 Å². The SMILES string of the molecule is COc1ccc(CCn2cnc3cc(NC(=N[C@H]4C[C@@H]5C[C@H]([C@@H]4C)C5(C)C)N4CCN[C@@H](C(C)C)C4)ccc3c2=O)c(F)c1. The number of hydrogen-bond acceptors (Lipinski definition) is 5. The standard InChI is InChI=1S/C35H47FN6O2/c1-21(2)32-19-41(14-12-37-32)34(40-30-16-24-15-28(22(30)3)35(24,4)5)39-25-8-10-27-31(17-25)38-20-42(33(27)43)13-11-23-7-9-26(44-6)18-29(23)36/h7-10,17-18,20-22,24,28,30,32,37H,11-16,19H2,1-6H3,(H,39,40)/t22-,24-,28+,30-,32+/m0/s1. The third-order valence-corrected chi connectivity index (χ3v) is 10.9. The number of methoxy groups -OCH3 is 1. The van der Waals surface area contributed by atoms with Gasteiger partial charge in [0.2, 0.25) is 0 Å². The predicted molar refractivity (Wildman–Crippen MR) is 175 cm³/mol. The number of nitrogens with one attached hydrogen (secondary N) is 2. The summed E-state index contributed by atoms with van der Waals surface area (Å²) in [4.78, 5) is 25.8. The summed E-state index contributed by atoms with van der Waals surface area (Å²) in [5.74, 6) is 3.57. The summed E-state index contributed by atoms with van der Waals surface area (Å²) in [7, 11) is 1.51. The van der Waals surface area contributed by atoms with Crippen molar-refractivity contribution in [2.45, 2.75) is 72.5 Å². The van der Waals surface area contributed by atoms with Gasteiger partial charge in [0.15, 0.2) is 5.96 Å². The van der Waals surface area contributed by atoms with Crippen molar-refractivity contribution in [3.05, 3.63) is 64.5 Å². The molecule has 4 fully saturated rings. The molecule has 44 heavy (non-hydrogen) atoms. The molecule has 0 spiro atoms. The van der Waals surface area contributed by atoms with Crippen molar-refractivity contribution >= 4 is 22.5 Å². The number of aliphatic imine (C=N–C) groups is 1. The van der Waals surface area contributed by atoms with Gasteiger partial charge in [-0.3, -0.25) is 9.36 Å². The number of halogens is 1. The number of rotatable bonds is 7. The number of aryl methyl sites for hydroxylation is 2. The van der Waals surface area contributed by atoms with Gasteiger partial charge in [0.05, 0.1) is 30.4 Å². The first-order chi connectivity index (χ1) is 21.0. The molecule has 2 bridgehead atoms. The van der Waals surface area contributed by atoms with Crippen LogP contribution in [0.2, 0.25) is 0 Å². The van der Waals surface area contributed by atoms with Gasteiger partial charge in [-0.2, -0.15) is 0 Å². The topological polar surface area (TPSA) is 83.8 Å². The summed E-state index contributed by atoms with van der Waals surface area (Å²) in [6, 6.07) is 11.2. The van der Waals surface area contributed by atoms with Crippen molar-refractivity contribution in [1.82, 2.24) is 19.8 Å². The molecule has 1 saturated heterocycles. The van der Waals surface area contributed by atoms with Crippen molar-refractivity contribution in [2.24, 2.45) is 34.1 Å². The highest BCUT2D eigenvalue weighted by atomic mass is 19.1. The van der Waals surface area contributed by atoms with Gasteiger partial charge in [0.25, 0.3) is 5.56 Å². The molecule has 2 heterocycles. The number of anilines is 1. The zero-order chi connectivity index (χ0) is 31.2. The van der Waals surface area contributed by atoms with E-state index in [1.54, 1.807) is 23.0 Å². The van der Waals surface area contributed by atoms with Crippen molar-refractivity contribution in [1.29, 1.82) is 0 Å². The molecule has 3 aromatic rings. The van der Waals surface area contributed by atoms with Crippen LogP contribution in [0, 0.1) is 34.9 Å². The smallest absolute Gasteiger partial charge is 0.261 e. The Hall–Kier alpha value is -3.46. The van der Waals surface area contributed by atoms with Crippen LogP contribution >= 0.6 is 0 Å². The Labute approximate surface area is 260 Å². The monoisotopic (exact) mass is 602 g/mol. The normalized spacial score (nSPS) is 26.5. The van der Waals surface area contributed by atoms with E-state index in [0.717, 1.165) is 49.5 Å². The van der Waals surface area contributed by atoms with Crippen LogP contribution in [-0.2, 0) is 13.0 Å². The Morgan fingerprint density at radius 3 is 2.75 bits per heavy atom. The Balaban J connectivity index is 1.23. The van der Waals surface area contributed by atoms with Crippen LogP contribution in [0.25, 0.3) is 10.9 Å². The summed E-state index contributed by atoms with van der Waals surface area (Å²) in [6.07, 6.45) is 4.40. The molecular formula is C35H47FN6O2. The Morgan fingerprint density at radius 1 is 1.23 bits per heavy atom. The van der Waals surface area contributed by atoms with E-state index in [-0.39, 0.29) is 11.4 Å². The molecule has 236 valence electrons. The van der Waals surface area contributed by atoms with Gasteiger partial charge in [0.1, 0.15) is 11.6 Å². The van der Waals surface area contributed by atoms with Crippen LogP contribution < -0.4 is 20.9 Å². The minimum Gasteiger partial charge on any atom is -0.497 e. The molecule has 7 rings (SSSR count). The molecule has 1 aliphatic heterocycles. The lowest BCUT2D eigenvalue weighted by Gasteiger charge is -2.61. The fraction of sp³-hybridized carbons (Fsp3) is 0.571. The van der Waals surface area contributed by atoms with Crippen molar-refractivity contribution in [3.63, 3.8) is 0 Å². The number of fused-ring (bicyclic) bond motifs is 3. The molecule has 3 aliphatic carbocycles. The zero-order valence-electron chi connectivity index (χ0n) is 26.9. The first-order valence-corrected chi connectivity index (χ1v) is 16.2. The van der Waals surface area contributed by atoms with E-state index in [1.807, 2.05) is 18.2 Å². The minimum absolute atomic E-state index is 0.135. The highest BCUT2D eigenvalue weighted by Crippen LogP contribution is 2.61. The van der Waals surface area contributed by atoms with Crippen molar-refractivity contribution in [2.75, 3.05) is 32.1 Å². The molecule has 9 heteroatoms. The van der Waals surface area contributed by atoms with Crippen LogP contribution in [-0.4, -0.2) is 59.2 Å². The Morgan fingerprint density at radius 2 is 2.05 bits per heavy atom. The molecule has 0 unspecified atom stereocenters. The van der Waals surface area contributed by atoms with E-state index in [1.165, 1.54) is 19.6 Å². The van der Waals surface area contributed by atoms with Crippen LogP contribution in [0.5, 0.6) is 5.75 Å². The van der Waals surface area contributed by atoms with Crippen LogP contribution in [0.4, 0.5) is 10.1 Å². The maximum atomic E-state index is 14.5. The average molecular weight is 603 g/mol. The first kappa shape index (κ1) is 30.6. The lowest BCUT2D eigenvalue weighted by Crippen LogP contribution is -2.58. The fourth-order valence-electron chi connectivity index (χ4n) is 7.68. The number of piperazine rings is 1. The summed E-state index contributed by atoms with van der Waals surface area (Å²) < 4.78 is 21.1. The number of aromatic nitrogens is 2. The average Bonchev–Trinajstić information content (AvgIpc) is 3.01. The van der Waals surface area contributed by atoms with E-state index in [4.69, 9.17) is 9.73 Å². The first-order valence-electron chi connectivity index (χ1n) is 16.2. The molecule has 3 saturated carbocycles. The van der Waals surface area contributed by atoms with Crippen LogP contribution in [0.1, 0.15) is 53.0 Å². The minimum atomic E-state index is -0.341. The summed E-state index contributed by atoms with van der Waals surface area (Å²) in [5.41, 5.74) is 2.31. The molecule has 0 radical (unpaired) electrons. The predicted octanol–water partition coefficient (Wildman–Crippen LogP) is 5.56. The van der Waals surface area contributed by atoms with Gasteiger partial charge in [-0.1, -0.05) is 40.7 Å². The highest BCUT2D eigenvalue weighted by Gasteiger charge is 2.56. The van der Waals surface area contributed by atoms with Crippen molar-refractivity contribution in [3.8, 4) is 5.75 Å². The van der Waals surface area contributed by atoms with E-state index < -0.39 is 0 Å². The van der Waals surface area contributed by atoms with E-state index >= 15 is 0 Å². The van der Waals surface area contributed by atoms with E-state index in [0.29, 0.717) is 64.5 Å². The lowest BCUT2D eigenvalue weighted by atomic mass is 9.45. The van der Waals surface area contributed by atoms with Gasteiger partial charge < -0.3 is 20.3 Å². The van der Waals surface area contributed by atoms with Crippen molar-refractivity contribution < 1.29 is 9.13 Å². The van der Waals surface area contributed by atoms with E-state index in [9.17, 15) is 9.18 Å². The largest absolute Gasteiger partial charge is 0.497 e. The molecule has 8 nitrogen and oxygen atoms in total. The number of hydrogen-bond donors (Lipinski definition) is 2. The number of nitrogens with zero attached hydrogens (tertiary/aromatic N) is 4. The maximum absolute atomic E-state index is 14.5. The second-order valence-electron chi connectivity index (χ2n) is 14.0. The third-order valence-electron chi connectivity index (χ3n) is 10.9. The summed E-state index contributed by atoms with van der Waals surface area (Å²) >= 11 is 0. The molecular weight excluding hydrogens is 555 g/mol. The molecule has 5 atom stereocenters. The summed E-state index contributed by atoms with van der Waals surface area (Å²) in [6.45, 7) is 14.8. The molecule has 2 aromatic carbocycles. The van der Waals surface area contributed by atoms with E-state index in [2.05, 4.69) is 55.1 Å². The zero-order valence-corrected chi connectivity index (χ0v) is 26.9. The Kier molecular flexibility index (Phi) is 8.44. The molecule has 2 N–H and O–H groups in total. The van der Waals surface area contributed by atoms with Crippen LogP contribution in [0.3, 0.4) is 0 Å². The maximum Gasteiger partial charge on any atom is 0.261 e. The second kappa shape index (κ2) is 12.1. The molecule has 4 aliphatic rings. The highest BCUT2D eigenvalue weighted by molar-refractivity contribution is 5.96. The van der Waals surface area contributed by atoms with Gasteiger partial charge in [-0.05, 0) is 78.2 Å². The Bertz CT molecular complexity index is 1600. The van der Waals surface area contributed by atoms with Gasteiger partial charge in [-0.15, -0.1) is 0 Å². The quantitative estimate of drug-likeness (QED) is 0.272. The fourth-order valence-corrected chi connectivity index (χ4v) is 7.68. The number of ether oxygens (including phenoxy) is 1. The third kappa shape index (κ3) is 5.83. The van der Waals surface area contributed by atoms with Gasteiger partial charge >= 0.3 is 0 Å². The second-order valence-corrected chi connectivity index (χ2v) is 14.0. The van der Waals surface area contributed by atoms with Gasteiger partial charge in [0, 0.05) is 44.0 Å². The number of guanidine groups is 1. The lowest BCUT2D eigenvalue weighted by molar-refractivity contribution is -0.108.